The molecule has 0 unspecified atom stereocenters. The first-order valence-corrected chi connectivity index (χ1v) is 7.67. The molecule has 0 aliphatic rings. The molecule has 0 spiro atoms. The van der Waals surface area contributed by atoms with E-state index >= 15 is 0 Å². The summed E-state index contributed by atoms with van der Waals surface area (Å²) in [5, 5.41) is 3.23. The number of hydrogen-bond acceptors (Lipinski definition) is 2. The Bertz CT molecular complexity index is 689. The first-order chi connectivity index (χ1) is 9.97. The van der Waals surface area contributed by atoms with Crippen LogP contribution in [0.3, 0.4) is 0 Å². The van der Waals surface area contributed by atoms with Crippen LogP contribution in [0.25, 0.3) is 0 Å². The number of nitrogens with one attached hydrogen (secondary N) is 1. The summed E-state index contributed by atoms with van der Waals surface area (Å²) in [6.45, 7) is 0.406. The van der Waals surface area contributed by atoms with Gasteiger partial charge in [0.05, 0.1) is 10.6 Å². The van der Waals surface area contributed by atoms with Gasteiger partial charge in [0.1, 0.15) is 4.99 Å². The molecule has 0 radical (unpaired) electrons. The zero-order chi connectivity index (χ0) is 15.4. The van der Waals surface area contributed by atoms with Crippen LogP contribution in [0.5, 0.6) is 0 Å². The topological polar surface area (TPSA) is 55.1 Å². The van der Waals surface area contributed by atoms with Gasteiger partial charge in [-0.15, -0.1) is 0 Å². The molecule has 0 heterocycles. The van der Waals surface area contributed by atoms with Gasteiger partial charge in [-0.25, -0.2) is 0 Å². The number of halogens is 2. The SMILES string of the molecule is NC(=S)c1ccc(CNC(=O)c2ccc(Br)cc2Cl)cc1. The quantitative estimate of drug-likeness (QED) is 0.792. The van der Waals surface area contributed by atoms with E-state index in [1.807, 2.05) is 24.3 Å². The molecule has 0 aliphatic carbocycles. The van der Waals surface area contributed by atoms with Crippen LogP contribution in [0, 0.1) is 0 Å². The summed E-state index contributed by atoms with van der Waals surface area (Å²) < 4.78 is 0.831. The molecule has 3 nitrogen and oxygen atoms in total. The van der Waals surface area contributed by atoms with Crippen molar-refractivity contribution >= 4 is 50.6 Å². The third kappa shape index (κ3) is 4.27. The van der Waals surface area contributed by atoms with Gasteiger partial charge in [-0.2, -0.15) is 0 Å². The zero-order valence-electron chi connectivity index (χ0n) is 10.9. The average Bonchev–Trinajstić information content (AvgIpc) is 2.45. The van der Waals surface area contributed by atoms with Crippen LogP contribution in [-0.4, -0.2) is 10.9 Å². The summed E-state index contributed by atoms with van der Waals surface area (Å²) >= 11 is 14.2. The summed E-state index contributed by atoms with van der Waals surface area (Å²) in [5.41, 5.74) is 7.74. The molecule has 0 aliphatic heterocycles. The van der Waals surface area contributed by atoms with Crippen LogP contribution in [0.2, 0.25) is 5.02 Å². The lowest BCUT2D eigenvalue weighted by Crippen LogP contribution is -2.23. The highest BCUT2D eigenvalue weighted by molar-refractivity contribution is 9.10. The normalized spacial score (nSPS) is 10.2. The highest BCUT2D eigenvalue weighted by Crippen LogP contribution is 2.21. The van der Waals surface area contributed by atoms with Gasteiger partial charge < -0.3 is 11.1 Å². The Hall–Kier alpha value is -1.43. The largest absolute Gasteiger partial charge is 0.389 e. The molecular weight excluding hydrogens is 372 g/mol. The third-order valence-corrected chi connectivity index (χ3v) is 3.91. The number of amides is 1. The van der Waals surface area contributed by atoms with Crippen molar-refractivity contribution in [2.24, 2.45) is 5.73 Å². The second-order valence-electron chi connectivity index (χ2n) is 4.37. The van der Waals surface area contributed by atoms with Gasteiger partial charge in [0.25, 0.3) is 5.91 Å². The van der Waals surface area contributed by atoms with E-state index in [1.54, 1.807) is 18.2 Å². The van der Waals surface area contributed by atoms with Crippen molar-refractivity contribution < 1.29 is 4.79 Å². The smallest absolute Gasteiger partial charge is 0.253 e. The molecule has 21 heavy (non-hydrogen) atoms. The molecular formula is C15H12BrClN2OS. The summed E-state index contributed by atoms with van der Waals surface area (Å²) in [6.07, 6.45) is 0. The van der Waals surface area contributed by atoms with Crippen LogP contribution in [0.4, 0.5) is 0 Å². The highest BCUT2D eigenvalue weighted by Gasteiger charge is 2.10. The molecule has 0 bridgehead atoms. The predicted molar refractivity (Wildman–Crippen MR) is 92.7 cm³/mol. The Morgan fingerprint density at radius 2 is 1.90 bits per heavy atom. The van der Waals surface area contributed by atoms with Gasteiger partial charge in [-0.1, -0.05) is 64.0 Å². The molecule has 0 fully saturated rings. The van der Waals surface area contributed by atoms with Gasteiger partial charge >= 0.3 is 0 Å². The minimum Gasteiger partial charge on any atom is -0.389 e. The van der Waals surface area contributed by atoms with E-state index in [9.17, 15) is 4.79 Å². The summed E-state index contributed by atoms with van der Waals surface area (Å²) in [6, 6.07) is 12.5. The Kier molecular flexibility index (Phi) is 5.33. The van der Waals surface area contributed by atoms with E-state index in [1.165, 1.54) is 0 Å². The van der Waals surface area contributed by atoms with Gasteiger partial charge in [0.2, 0.25) is 0 Å². The van der Waals surface area contributed by atoms with Crippen LogP contribution in [0.15, 0.2) is 46.9 Å². The lowest BCUT2D eigenvalue weighted by atomic mass is 10.1. The number of benzene rings is 2. The molecule has 0 atom stereocenters. The van der Waals surface area contributed by atoms with E-state index in [0.717, 1.165) is 15.6 Å². The molecule has 0 aromatic heterocycles. The lowest BCUT2D eigenvalue weighted by molar-refractivity contribution is 0.0951. The van der Waals surface area contributed by atoms with E-state index in [4.69, 9.17) is 29.6 Å². The highest BCUT2D eigenvalue weighted by atomic mass is 79.9. The molecule has 0 saturated carbocycles. The van der Waals surface area contributed by atoms with Crippen LogP contribution < -0.4 is 11.1 Å². The summed E-state index contributed by atoms with van der Waals surface area (Å²) in [5.74, 6) is -0.217. The van der Waals surface area contributed by atoms with Crippen molar-refractivity contribution in [3.8, 4) is 0 Å². The van der Waals surface area contributed by atoms with Crippen molar-refractivity contribution in [1.82, 2.24) is 5.32 Å². The fourth-order valence-electron chi connectivity index (χ4n) is 1.74. The molecule has 2 aromatic carbocycles. The fraction of sp³-hybridized carbons (Fsp3) is 0.0667. The number of carbonyl (C=O) groups is 1. The molecule has 2 rings (SSSR count). The van der Waals surface area contributed by atoms with Crippen molar-refractivity contribution in [3.63, 3.8) is 0 Å². The maximum atomic E-state index is 12.1. The van der Waals surface area contributed by atoms with Crippen LogP contribution >= 0.6 is 39.7 Å². The molecule has 108 valence electrons. The molecule has 2 aromatic rings. The standard InChI is InChI=1S/C15H12BrClN2OS/c16-11-5-6-12(13(17)7-11)15(20)19-8-9-1-3-10(4-2-9)14(18)21/h1-7H,8H2,(H2,18,21)(H,19,20). The minimum absolute atomic E-state index is 0.217. The minimum atomic E-state index is -0.217. The van der Waals surface area contributed by atoms with E-state index < -0.39 is 0 Å². The third-order valence-electron chi connectivity index (χ3n) is 2.87. The first-order valence-electron chi connectivity index (χ1n) is 6.09. The van der Waals surface area contributed by atoms with Crippen LogP contribution in [0.1, 0.15) is 21.5 Å². The summed E-state index contributed by atoms with van der Waals surface area (Å²) in [7, 11) is 0. The van der Waals surface area contributed by atoms with E-state index in [0.29, 0.717) is 22.1 Å². The van der Waals surface area contributed by atoms with Gasteiger partial charge in [-0.3, -0.25) is 4.79 Å². The van der Waals surface area contributed by atoms with Crippen molar-refractivity contribution in [2.75, 3.05) is 0 Å². The lowest BCUT2D eigenvalue weighted by Gasteiger charge is -2.08. The maximum absolute atomic E-state index is 12.1. The number of hydrogen-bond donors (Lipinski definition) is 2. The predicted octanol–water partition coefficient (Wildman–Crippen LogP) is 3.67. The van der Waals surface area contributed by atoms with Gasteiger partial charge in [-0.05, 0) is 23.8 Å². The van der Waals surface area contributed by atoms with Crippen molar-refractivity contribution in [2.45, 2.75) is 6.54 Å². The van der Waals surface area contributed by atoms with Crippen molar-refractivity contribution in [3.05, 3.63) is 68.7 Å². The second-order valence-corrected chi connectivity index (χ2v) is 6.13. The summed E-state index contributed by atoms with van der Waals surface area (Å²) in [4.78, 5) is 12.4. The van der Waals surface area contributed by atoms with Gasteiger partial charge in [0, 0.05) is 16.6 Å². The molecule has 3 N–H and O–H groups in total. The second kappa shape index (κ2) is 7.02. The maximum Gasteiger partial charge on any atom is 0.253 e. The zero-order valence-corrected chi connectivity index (χ0v) is 14.1. The van der Waals surface area contributed by atoms with E-state index in [-0.39, 0.29) is 5.91 Å². The Labute approximate surface area is 141 Å². The monoisotopic (exact) mass is 382 g/mol. The molecule has 0 saturated heterocycles. The molecule has 6 heteroatoms. The van der Waals surface area contributed by atoms with Crippen LogP contribution in [-0.2, 0) is 6.54 Å². The Balaban J connectivity index is 2.02. The fourth-order valence-corrected chi connectivity index (χ4v) is 2.63. The Morgan fingerprint density at radius 1 is 1.24 bits per heavy atom. The number of carbonyl (C=O) groups excluding carboxylic acids is 1. The molecule has 1 amide bonds. The van der Waals surface area contributed by atoms with Crippen molar-refractivity contribution in [1.29, 1.82) is 0 Å². The average molecular weight is 384 g/mol. The number of nitrogens with two attached hydrogens (primary N) is 1. The van der Waals surface area contributed by atoms with E-state index in [2.05, 4.69) is 21.2 Å². The Morgan fingerprint density at radius 3 is 2.48 bits per heavy atom. The number of thiocarbonyl (C=S) groups is 1. The number of rotatable bonds is 4. The van der Waals surface area contributed by atoms with Gasteiger partial charge in [0.15, 0.2) is 0 Å². The first kappa shape index (κ1) is 15.9.